The van der Waals surface area contributed by atoms with Gasteiger partial charge in [-0.1, -0.05) is 37.5 Å². The third-order valence-corrected chi connectivity index (χ3v) is 8.29. The van der Waals surface area contributed by atoms with Gasteiger partial charge < -0.3 is 10.1 Å². The van der Waals surface area contributed by atoms with E-state index in [1.54, 1.807) is 19.1 Å². The molecule has 1 aliphatic carbocycles. The number of anilines is 1. The van der Waals surface area contributed by atoms with Gasteiger partial charge in [-0.2, -0.15) is 0 Å². The number of morpholine rings is 1. The summed E-state index contributed by atoms with van der Waals surface area (Å²) < 4.78 is 47.5. The Morgan fingerprint density at radius 2 is 1.79 bits per heavy atom. The standard InChI is InChI=1S/C25H32FN3O4S/c1-19-9-10-20(34(31,32)28-23-8-4-3-7-22(23)26)17-21(19)24(30)27-18-25(11-5-2-6-12-25)29-13-15-33-16-14-29/h3-4,7-10,17,28H,2,5-6,11-16,18H2,1H3,(H,27,30). The van der Waals surface area contributed by atoms with E-state index in [2.05, 4.69) is 14.9 Å². The molecule has 2 fully saturated rings. The highest BCUT2D eigenvalue weighted by molar-refractivity contribution is 7.92. The van der Waals surface area contributed by atoms with Gasteiger partial charge in [0.1, 0.15) is 5.82 Å². The molecule has 34 heavy (non-hydrogen) atoms. The van der Waals surface area contributed by atoms with Crippen LogP contribution in [0.25, 0.3) is 0 Å². The normalized spacial score (nSPS) is 18.9. The molecule has 9 heteroatoms. The Kier molecular flexibility index (Phi) is 7.54. The number of hydrogen-bond donors (Lipinski definition) is 2. The van der Waals surface area contributed by atoms with Gasteiger partial charge >= 0.3 is 0 Å². The first-order valence-electron chi connectivity index (χ1n) is 11.8. The van der Waals surface area contributed by atoms with Crippen molar-refractivity contribution in [2.75, 3.05) is 37.6 Å². The van der Waals surface area contributed by atoms with Crippen molar-refractivity contribution in [3.8, 4) is 0 Å². The lowest BCUT2D eigenvalue weighted by Crippen LogP contribution is -2.59. The fourth-order valence-corrected chi connectivity index (χ4v) is 6.05. The summed E-state index contributed by atoms with van der Waals surface area (Å²) in [5.74, 6) is -0.976. The monoisotopic (exact) mass is 489 g/mol. The maximum absolute atomic E-state index is 14.0. The molecule has 0 aromatic heterocycles. The smallest absolute Gasteiger partial charge is 0.262 e. The molecule has 1 aliphatic heterocycles. The second-order valence-corrected chi connectivity index (χ2v) is 10.8. The molecule has 2 aliphatic rings. The summed E-state index contributed by atoms with van der Waals surface area (Å²) in [6.45, 7) is 5.38. The molecule has 184 valence electrons. The van der Waals surface area contributed by atoms with E-state index in [9.17, 15) is 17.6 Å². The molecule has 4 rings (SSSR count). The number of nitrogens with one attached hydrogen (secondary N) is 2. The van der Waals surface area contributed by atoms with Crippen LogP contribution in [0.5, 0.6) is 0 Å². The fourth-order valence-electron chi connectivity index (χ4n) is 4.95. The molecule has 2 aromatic carbocycles. The van der Waals surface area contributed by atoms with E-state index in [-0.39, 0.29) is 22.0 Å². The molecule has 1 heterocycles. The van der Waals surface area contributed by atoms with Crippen molar-refractivity contribution in [3.05, 3.63) is 59.4 Å². The molecule has 2 N–H and O–H groups in total. The van der Waals surface area contributed by atoms with Crippen molar-refractivity contribution in [2.45, 2.75) is 49.5 Å². The highest BCUT2D eigenvalue weighted by Gasteiger charge is 2.39. The summed E-state index contributed by atoms with van der Waals surface area (Å²) in [5.41, 5.74) is 0.733. The van der Waals surface area contributed by atoms with Crippen LogP contribution < -0.4 is 10.0 Å². The number of halogens is 1. The van der Waals surface area contributed by atoms with E-state index < -0.39 is 15.8 Å². The molecular formula is C25H32FN3O4S. The van der Waals surface area contributed by atoms with Crippen LogP contribution in [0.1, 0.15) is 48.0 Å². The number of amides is 1. The number of nitrogens with zero attached hydrogens (tertiary/aromatic N) is 1. The van der Waals surface area contributed by atoms with Gasteiger partial charge in [-0.15, -0.1) is 0 Å². The maximum Gasteiger partial charge on any atom is 0.262 e. The largest absolute Gasteiger partial charge is 0.379 e. The number of rotatable bonds is 7. The van der Waals surface area contributed by atoms with Crippen LogP contribution in [0.4, 0.5) is 10.1 Å². The summed E-state index contributed by atoms with van der Waals surface area (Å²) in [6, 6.07) is 9.94. The zero-order valence-electron chi connectivity index (χ0n) is 19.5. The number of ether oxygens (including phenoxy) is 1. The van der Waals surface area contributed by atoms with Crippen molar-refractivity contribution < 1.29 is 22.3 Å². The maximum atomic E-state index is 14.0. The molecule has 7 nitrogen and oxygen atoms in total. The van der Waals surface area contributed by atoms with E-state index in [1.807, 2.05) is 0 Å². The van der Waals surface area contributed by atoms with Gasteiger partial charge in [-0.25, -0.2) is 12.8 Å². The van der Waals surface area contributed by atoms with Gasteiger partial charge in [0, 0.05) is 30.7 Å². The number of hydrogen-bond acceptors (Lipinski definition) is 5. The van der Waals surface area contributed by atoms with Crippen molar-refractivity contribution in [1.82, 2.24) is 10.2 Å². The van der Waals surface area contributed by atoms with Gasteiger partial charge in [-0.05, 0) is 49.6 Å². The minimum atomic E-state index is -4.07. The third kappa shape index (κ3) is 5.42. The molecule has 1 saturated carbocycles. The summed E-state index contributed by atoms with van der Waals surface area (Å²) in [5, 5.41) is 3.09. The molecule has 1 saturated heterocycles. The minimum Gasteiger partial charge on any atom is -0.379 e. The SMILES string of the molecule is Cc1ccc(S(=O)(=O)Nc2ccccc2F)cc1C(=O)NCC1(N2CCOCC2)CCCCC1. The number of carbonyl (C=O) groups is 1. The van der Waals surface area contributed by atoms with Gasteiger partial charge in [0.05, 0.1) is 23.8 Å². The number of aryl methyl sites for hydroxylation is 1. The van der Waals surface area contributed by atoms with E-state index in [1.165, 1.54) is 36.8 Å². The molecule has 2 aromatic rings. The molecule has 0 unspecified atom stereocenters. The number of para-hydroxylation sites is 1. The Bertz CT molecular complexity index is 1130. The predicted octanol–water partition coefficient (Wildman–Crippen LogP) is 3.70. The van der Waals surface area contributed by atoms with E-state index in [0.717, 1.165) is 38.8 Å². The zero-order chi connectivity index (χ0) is 24.2. The van der Waals surface area contributed by atoms with Crippen molar-refractivity contribution in [3.63, 3.8) is 0 Å². The van der Waals surface area contributed by atoms with Crippen LogP contribution in [-0.4, -0.2) is 57.6 Å². The Morgan fingerprint density at radius 1 is 1.09 bits per heavy atom. The Hall–Kier alpha value is -2.49. The first kappa shape index (κ1) is 24.6. The topological polar surface area (TPSA) is 87.7 Å². The van der Waals surface area contributed by atoms with Crippen LogP contribution in [0.15, 0.2) is 47.4 Å². The summed E-state index contributed by atoms with van der Waals surface area (Å²) in [7, 11) is -4.07. The van der Waals surface area contributed by atoms with E-state index in [4.69, 9.17) is 4.74 Å². The second kappa shape index (κ2) is 10.4. The van der Waals surface area contributed by atoms with Crippen LogP contribution in [-0.2, 0) is 14.8 Å². The molecule has 0 radical (unpaired) electrons. The Morgan fingerprint density at radius 3 is 2.50 bits per heavy atom. The quantitative estimate of drug-likeness (QED) is 0.619. The lowest BCUT2D eigenvalue weighted by molar-refractivity contribution is -0.0361. The fraction of sp³-hybridized carbons (Fsp3) is 0.480. The van der Waals surface area contributed by atoms with E-state index >= 15 is 0 Å². The van der Waals surface area contributed by atoms with Gasteiger partial charge in [-0.3, -0.25) is 14.4 Å². The highest BCUT2D eigenvalue weighted by Crippen LogP contribution is 2.34. The Balaban J connectivity index is 1.52. The van der Waals surface area contributed by atoms with Gasteiger partial charge in [0.2, 0.25) is 0 Å². The third-order valence-electron chi connectivity index (χ3n) is 6.93. The zero-order valence-corrected chi connectivity index (χ0v) is 20.3. The van der Waals surface area contributed by atoms with Gasteiger partial charge in [0.15, 0.2) is 0 Å². The Labute approximate surface area is 200 Å². The molecule has 0 bridgehead atoms. The van der Waals surface area contributed by atoms with E-state index in [0.29, 0.717) is 30.9 Å². The second-order valence-electron chi connectivity index (χ2n) is 9.13. The average molecular weight is 490 g/mol. The summed E-state index contributed by atoms with van der Waals surface area (Å²) in [6.07, 6.45) is 5.50. The van der Waals surface area contributed by atoms with Crippen molar-refractivity contribution in [2.24, 2.45) is 0 Å². The van der Waals surface area contributed by atoms with Gasteiger partial charge in [0.25, 0.3) is 15.9 Å². The van der Waals surface area contributed by atoms with Crippen LogP contribution in [0, 0.1) is 12.7 Å². The number of sulfonamides is 1. The van der Waals surface area contributed by atoms with Crippen LogP contribution in [0.2, 0.25) is 0 Å². The minimum absolute atomic E-state index is 0.0907. The lowest BCUT2D eigenvalue weighted by atomic mass is 9.79. The van der Waals surface area contributed by atoms with Crippen LogP contribution in [0.3, 0.4) is 0 Å². The summed E-state index contributed by atoms with van der Waals surface area (Å²) >= 11 is 0. The molecule has 0 spiro atoms. The first-order chi connectivity index (χ1) is 16.3. The first-order valence-corrected chi connectivity index (χ1v) is 13.3. The number of benzene rings is 2. The molecular weight excluding hydrogens is 457 g/mol. The predicted molar refractivity (Wildman–Crippen MR) is 129 cm³/mol. The van der Waals surface area contributed by atoms with Crippen molar-refractivity contribution in [1.29, 1.82) is 0 Å². The lowest BCUT2D eigenvalue weighted by Gasteiger charge is -2.48. The highest BCUT2D eigenvalue weighted by atomic mass is 32.2. The van der Waals surface area contributed by atoms with Crippen LogP contribution >= 0.6 is 0 Å². The molecule has 1 amide bonds. The molecule has 0 atom stereocenters. The summed E-state index contributed by atoms with van der Waals surface area (Å²) in [4.78, 5) is 15.6. The average Bonchev–Trinajstić information content (AvgIpc) is 2.85. The van der Waals surface area contributed by atoms with Crippen molar-refractivity contribution >= 4 is 21.6 Å². The number of carbonyl (C=O) groups excluding carboxylic acids is 1.